The molecular formula is C17H18ClF3N2O3. The molecule has 26 heavy (non-hydrogen) atoms. The van der Waals surface area contributed by atoms with Gasteiger partial charge >= 0.3 is 12.1 Å². The van der Waals surface area contributed by atoms with Crippen molar-refractivity contribution in [2.45, 2.75) is 38.3 Å². The van der Waals surface area contributed by atoms with Gasteiger partial charge in [-0.2, -0.15) is 13.2 Å². The molecule has 0 aromatic carbocycles. The maximum Gasteiger partial charge on any atom is 0.417 e. The van der Waals surface area contributed by atoms with Crippen molar-refractivity contribution in [2.24, 2.45) is 17.8 Å². The smallest absolute Gasteiger partial charge is 0.417 e. The number of alkyl halides is 3. The Bertz CT molecular complexity index is 711. The summed E-state index contributed by atoms with van der Waals surface area (Å²) < 4.78 is 42.6. The highest BCUT2D eigenvalue weighted by molar-refractivity contribution is 6.33. The van der Waals surface area contributed by atoms with Crippen LogP contribution in [-0.4, -0.2) is 23.5 Å². The van der Waals surface area contributed by atoms with Crippen molar-refractivity contribution in [1.82, 2.24) is 4.98 Å². The van der Waals surface area contributed by atoms with Crippen LogP contribution in [0.2, 0.25) is 5.02 Å². The Kier molecular flexibility index (Phi) is 5.41. The lowest BCUT2D eigenvalue weighted by atomic mass is 9.86. The third kappa shape index (κ3) is 4.47. The van der Waals surface area contributed by atoms with E-state index in [1.54, 1.807) is 0 Å². The van der Waals surface area contributed by atoms with Crippen molar-refractivity contribution in [3.05, 3.63) is 22.8 Å². The van der Waals surface area contributed by atoms with Crippen LogP contribution in [0.4, 0.5) is 19.0 Å². The quantitative estimate of drug-likeness (QED) is 0.770. The van der Waals surface area contributed by atoms with E-state index in [0.29, 0.717) is 36.4 Å². The molecule has 2 bridgehead atoms. The van der Waals surface area contributed by atoms with Gasteiger partial charge in [0.2, 0.25) is 0 Å². The molecule has 0 saturated heterocycles. The van der Waals surface area contributed by atoms with Crippen molar-refractivity contribution >= 4 is 29.3 Å². The Morgan fingerprint density at radius 3 is 2.65 bits per heavy atom. The zero-order valence-corrected chi connectivity index (χ0v) is 14.6. The maximum absolute atomic E-state index is 12.6. The molecule has 0 aliphatic heterocycles. The lowest BCUT2D eigenvalue weighted by Crippen LogP contribution is -2.23. The molecule has 142 valence electrons. The minimum absolute atomic E-state index is 0.214. The first-order chi connectivity index (χ1) is 12.2. The number of amides is 1. The normalized spacial score (nSPS) is 24.5. The van der Waals surface area contributed by atoms with E-state index < -0.39 is 30.2 Å². The fraction of sp³-hybridized carbons (Fsp3) is 0.588. The number of pyridine rings is 1. The number of halogens is 4. The van der Waals surface area contributed by atoms with Gasteiger partial charge in [-0.25, -0.2) is 4.98 Å². The predicted octanol–water partition coefficient (Wildman–Crippen LogP) is 4.06. The largest absolute Gasteiger partial charge is 0.456 e. The number of rotatable bonds is 5. The van der Waals surface area contributed by atoms with Crippen LogP contribution in [0.15, 0.2) is 12.3 Å². The van der Waals surface area contributed by atoms with Gasteiger partial charge in [0.25, 0.3) is 5.91 Å². The summed E-state index contributed by atoms with van der Waals surface area (Å²) in [4.78, 5) is 27.2. The van der Waals surface area contributed by atoms with Gasteiger partial charge in [-0.05, 0) is 43.1 Å². The predicted molar refractivity (Wildman–Crippen MR) is 87.4 cm³/mol. The van der Waals surface area contributed by atoms with E-state index in [4.69, 9.17) is 16.3 Å². The number of hydrogen-bond donors (Lipinski definition) is 1. The first-order valence-corrected chi connectivity index (χ1v) is 8.78. The number of nitrogens with zero attached hydrogens (tertiary/aromatic N) is 1. The number of hydrogen-bond acceptors (Lipinski definition) is 4. The van der Waals surface area contributed by atoms with Gasteiger partial charge in [0.1, 0.15) is 0 Å². The molecule has 2 aliphatic rings. The Morgan fingerprint density at radius 1 is 1.31 bits per heavy atom. The molecule has 1 heterocycles. The summed E-state index contributed by atoms with van der Waals surface area (Å²) in [7, 11) is 0. The average Bonchev–Trinajstić information content (AvgIpc) is 3.16. The number of carbonyl (C=O) groups is 2. The number of anilines is 1. The molecule has 2 fully saturated rings. The molecule has 1 aromatic rings. The topological polar surface area (TPSA) is 68.3 Å². The summed E-state index contributed by atoms with van der Waals surface area (Å²) >= 11 is 5.71. The van der Waals surface area contributed by atoms with Crippen molar-refractivity contribution in [3.63, 3.8) is 0 Å². The van der Waals surface area contributed by atoms with E-state index in [9.17, 15) is 22.8 Å². The van der Waals surface area contributed by atoms with Gasteiger partial charge in [-0.15, -0.1) is 0 Å². The summed E-state index contributed by atoms with van der Waals surface area (Å²) in [5.74, 6) is 0.263. The second-order valence-electron chi connectivity index (χ2n) is 6.90. The molecule has 0 spiro atoms. The average molecular weight is 391 g/mol. The second kappa shape index (κ2) is 7.42. The van der Waals surface area contributed by atoms with E-state index in [-0.39, 0.29) is 10.8 Å². The Balaban J connectivity index is 1.46. The first-order valence-electron chi connectivity index (χ1n) is 8.40. The molecule has 9 heteroatoms. The molecule has 0 unspecified atom stereocenters. The zero-order valence-electron chi connectivity index (χ0n) is 13.8. The van der Waals surface area contributed by atoms with Crippen LogP contribution < -0.4 is 5.32 Å². The zero-order chi connectivity index (χ0) is 18.9. The third-order valence-electron chi connectivity index (χ3n) is 5.10. The number of fused-ring (bicyclic) bond motifs is 2. The molecule has 0 radical (unpaired) electrons. The van der Waals surface area contributed by atoms with Crippen LogP contribution in [0.25, 0.3) is 0 Å². The molecule has 1 amide bonds. The Hall–Kier alpha value is -1.83. The summed E-state index contributed by atoms with van der Waals surface area (Å²) in [6, 6.07) is 0.672. The van der Waals surface area contributed by atoms with E-state index in [0.717, 1.165) is 12.8 Å². The van der Waals surface area contributed by atoms with Gasteiger partial charge in [0, 0.05) is 12.6 Å². The van der Waals surface area contributed by atoms with Gasteiger partial charge < -0.3 is 10.1 Å². The maximum atomic E-state index is 12.6. The van der Waals surface area contributed by atoms with Crippen LogP contribution in [0, 0.1) is 17.8 Å². The minimum atomic E-state index is -4.58. The van der Waals surface area contributed by atoms with E-state index in [1.807, 2.05) is 0 Å². The van der Waals surface area contributed by atoms with Crippen LogP contribution >= 0.6 is 11.6 Å². The third-order valence-corrected chi connectivity index (χ3v) is 5.39. The molecule has 3 atom stereocenters. The molecule has 5 nitrogen and oxygen atoms in total. The number of aromatic nitrogens is 1. The van der Waals surface area contributed by atoms with Gasteiger partial charge in [0.15, 0.2) is 12.4 Å². The fourth-order valence-corrected chi connectivity index (χ4v) is 4.11. The summed E-state index contributed by atoms with van der Waals surface area (Å²) in [6.45, 7) is -0.529. The first kappa shape index (κ1) is 18.9. The number of esters is 1. The standard InChI is InChI=1S/C17H18ClF3N2O3/c18-13-6-12(17(19,20)21)7-22-16(13)23-14(24)8-26-15(25)5-11-4-9-1-2-10(11)3-9/h6-7,9-11H,1-5,8H2,(H,22,23,24)/t9-,10-,11-/m0/s1. The van der Waals surface area contributed by atoms with Crippen molar-refractivity contribution < 1.29 is 27.5 Å². The van der Waals surface area contributed by atoms with Crippen LogP contribution in [-0.2, 0) is 20.5 Å². The highest BCUT2D eigenvalue weighted by Crippen LogP contribution is 2.49. The fourth-order valence-electron chi connectivity index (χ4n) is 3.90. The van der Waals surface area contributed by atoms with Crippen molar-refractivity contribution in [2.75, 3.05) is 11.9 Å². The second-order valence-corrected chi connectivity index (χ2v) is 7.31. The molecule has 1 aromatic heterocycles. The van der Waals surface area contributed by atoms with Gasteiger partial charge in [0.05, 0.1) is 10.6 Å². The van der Waals surface area contributed by atoms with Crippen LogP contribution in [0.1, 0.15) is 37.7 Å². The monoisotopic (exact) mass is 390 g/mol. The molecular weight excluding hydrogens is 373 g/mol. The van der Waals surface area contributed by atoms with Crippen molar-refractivity contribution in [1.29, 1.82) is 0 Å². The van der Waals surface area contributed by atoms with E-state index in [2.05, 4.69) is 10.3 Å². The molecule has 2 saturated carbocycles. The van der Waals surface area contributed by atoms with Gasteiger partial charge in [-0.1, -0.05) is 18.0 Å². The molecule has 3 rings (SSSR count). The Morgan fingerprint density at radius 2 is 2.08 bits per heavy atom. The van der Waals surface area contributed by atoms with E-state index >= 15 is 0 Å². The minimum Gasteiger partial charge on any atom is -0.456 e. The molecule has 1 N–H and O–H groups in total. The van der Waals surface area contributed by atoms with Gasteiger partial charge in [-0.3, -0.25) is 9.59 Å². The van der Waals surface area contributed by atoms with E-state index in [1.165, 1.54) is 12.8 Å². The van der Waals surface area contributed by atoms with Crippen LogP contribution in [0.3, 0.4) is 0 Å². The molecule has 2 aliphatic carbocycles. The summed E-state index contributed by atoms with van der Waals surface area (Å²) in [6.07, 6.45) is 0.902. The lowest BCUT2D eigenvalue weighted by Gasteiger charge is -2.20. The number of ether oxygens (including phenoxy) is 1. The SMILES string of the molecule is O=C(COC(=O)C[C@@H]1C[C@H]2CC[C@H]1C2)Nc1ncc(C(F)(F)F)cc1Cl. The van der Waals surface area contributed by atoms with Crippen LogP contribution in [0.5, 0.6) is 0 Å². The summed E-state index contributed by atoms with van der Waals surface area (Å²) in [5, 5.41) is 1.89. The lowest BCUT2D eigenvalue weighted by molar-refractivity contribution is -0.148. The Labute approximate surface area is 153 Å². The number of carbonyl (C=O) groups excluding carboxylic acids is 2. The highest BCUT2D eigenvalue weighted by Gasteiger charge is 2.40. The summed E-state index contributed by atoms with van der Waals surface area (Å²) in [5.41, 5.74) is -1.02. The van der Waals surface area contributed by atoms with Crippen molar-refractivity contribution in [3.8, 4) is 0 Å². The number of nitrogens with one attached hydrogen (secondary N) is 1. The highest BCUT2D eigenvalue weighted by atomic mass is 35.5.